The molecule has 0 radical (unpaired) electrons. The lowest BCUT2D eigenvalue weighted by Gasteiger charge is -2.14. The van der Waals surface area contributed by atoms with Crippen LogP contribution in [-0.2, 0) is 4.79 Å². The Morgan fingerprint density at radius 1 is 1.38 bits per heavy atom. The minimum absolute atomic E-state index is 0.0804. The smallest absolute Gasteiger partial charge is 0.254 e. The van der Waals surface area contributed by atoms with Gasteiger partial charge in [-0.3, -0.25) is 14.6 Å². The third kappa shape index (κ3) is 4.01. The number of alkyl halides is 1. The number of rotatable bonds is 5. The SMILES string of the molecule is CC.COc1cc2c(OCC3CC(F)C(=O)N3)ccnc2cc1C(N)=O. The molecule has 2 heterocycles. The molecule has 1 fully saturated rings. The van der Waals surface area contributed by atoms with Gasteiger partial charge in [0.2, 0.25) is 0 Å². The van der Waals surface area contributed by atoms with E-state index in [1.165, 1.54) is 19.4 Å². The van der Waals surface area contributed by atoms with E-state index in [1.54, 1.807) is 12.1 Å². The van der Waals surface area contributed by atoms with Gasteiger partial charge in [0.05, 0.1) is 24.2 Å². The van der Waals surface area contributed by atoms with Crippen molar-refractivity contribution in [2.24, 2.45) is 5.73 Å². The van der Waals surface area contributed by atoms with Crippen molar-refractivity contribution in [2.45, 2.75) is 32.5 Å². The zero-order chi connectivity index (χ0) is 19.3. The molecule has 0 spiro atoms. The van der Waals surface area contributed by atoms with Gasteiger partial charge >= 0.3 is 0 Å². The molecule has 3 rings (SSSR count). The van der Waals surface area contributed by atoms with Crippen molar-refractivity contribution in [3.63, 3.8) is 0 Å². The van der Waals surface area contributed by atoms with E-state index in [4.69, 9.17) is 15.2 Å². The monoisotopic (exact) mass is 363 g/mol. The minimum atomic E-state index is -1.49. The summed E-state index contributed by atoms with van der Waals surface area (Å²) in [6.45, 7) is 4.13. The summed E-state index contributed by atoms with van der Waals surface area (Å²) in [6, 6.07) is 4.40. The van der Waals surface area contributed by atoms with Crippen LogP contribution >= 0.6 is 0 Å². The van der Waals surface area contributed by atoms with Crippen molar-refractivity contribution in [1.29, 1.82) is 0 Å². The zero-order valence-electron chi connectivity index (χ0n) is 14.9. The molecule has 2 atom stereocenters. The number of aromatic nitrogens is 1. The van der Waals surface area contributed by atoms with E-state index in [0.29, 0.717) is 22.4 Å². The summed E-state index contributed by atoms with van der Waals surface area (Å²) in [5.41, 5.74) is 6.07. The van der Waals surface area contributed by atoms with Gasteiger partial charge in [0, 0.05) is 18.0 Å². The average molecular weight is 363 g/mol. The molecule has 1 aromatic heterocycles. The molecule has 1 saturated heterocycles. The molecule has 1 aliphatic rings. The van der Waals surface area contributed by atoms with E-state index in [1.807, 2.05) is 13.8 Å². The maximum absolute atomic E-state index is 13.2. The molecule has 2 unspecified atom stereocenters. The number of fused-ring (bicyclic) bond motifs is 1. The summed E-state index contributed by atoms with van der Waals surface area (Å²) < 4.78 is 24.1. The first kappa shape index (κ1) is 19.4. The fourth-order valence-corrected chi connectivity index (χ4v) is 2.64. The van der Waals surface area contributed by atoms with Gasteiger partial charge in [-0.2, -0.15) is 0 Å². The van der Waals surface area contributed by atoms with Gasteiger partial charge in [0.25, 0.3) is 11.8 Å². The fraction of sp³-hybridized carbons (Fsp3) is 0.389. The lowest BCUT2D eigenvalue weighted by atomic mass is 10.1. The number of methoxy groups -OCH3 is 1. The standard InChI is InChI=1S/C16H16FN3O4.C2H6/c1-23-14-6-9-12(5-10(14)15(18)21)19-3-2-13(9)24-7-8-4-11(17)16(22)20-8;1-2/h2-3,5-6,8,11H,4,7H2,1H3,(H2,18,21)(H,20,22);1-2H3. The molecule has 0 aliphatic carbocycles. The molecule has 1 aromatic carbocycles. The normalized spacial score (nSPS) is 18.7. The Kier molecular flexibility index (Phi) is 6.32. The van der Waals surface area contributed by atoms with Crippen LogP contribution in [0.2, 0.25) is 0 Å². The number of carbonyl (C=O) groups is 2. The Balaban J connectivity index is 0.00000117. The molecule has 3 N–H and O–H groups in total. The summed E-state index contributed by atoms with van der Waals surface area (Å²) in [7, 11) is 1.43. The van der Waals surface area contributed by atoms with Crippen molar-refractivity contribution in [3.8, 4) is 11.5 Å². The Morgan fingerprint density at radius 3 is 2.69 bits per heavy atom. The molecule has 26 heavy (non-hydrogen) atoms. The second kappa shape index (κ2) is 8.46. The van der Waals surface area contributed by atoms with Crippen molar-refractivity contribution in [2.75, 3.05) is 13.7 Å². The number of hydrogen-bond donors (Lipinski definition) is 2. The Hall–Kier alpha value is -2.90. The van der Waals surface area contributed by atoms with Crippen LogP contribution < -0.4 is 20.5 Å². The van der Waals surface area contributed by atoms with E-state index in [2.05, 4.69) is 10.3 Å². The maximum atomic E-state index is 13.2. The number of halogens is 1. The molecule has 1 aliphatic heterocycles. The first-order valence-electron chi connectivity index (χ1n) is 8.33. The van der Waals surface area contributed by atoms with Crippen molar-refractivity contribution in [1.82, 2.24) is 10.3 Å². The molecule has 140 valence electrons. The van der Waals surface area contributed by atoms with E-state index in [0.717, 1.165) is 0 Å². The first-order valence-corrected chi connectivity index (χ1v) is 8.33. The molecular weight excluding hydrogens is 341 g/mol. The van der Waals surface area contributed by atoms with Gasteiger partial charge in [-0.15, -0.1) is 0 Å². The molecule has 2 aromatic rings. The molecule has 0 saturated carbocycles. The van der Waals surface area contributed by atoms with Gasteiger partial charge in [-0.05, 0) is 18.2 Å². The minimum Gasteiger partial charge on any atom is -0.496 e. The zero-order valence-corrected chi connectivity index (χ0v) is 14.9. The average Bonchev–Trinajstić information content (AvgIpc) is 2.98. The lowest BCUT2D eigenvalue weighted by molar-refractivity contribution is -0.123. The van der Waals surface area contributed by atoms with Crippen LogP contribution in [0, 0.1) is 0 Å². The topological polar surface area (TPSA) is 104 Å². The highest BCUT2D eigenvalue weighted by Gasteiger charge is 2.32. The Labute approximate surface area is 150 Å². The van der Waals surface area contributed by atoms with Gasteiger partial charge in [-0.25, -0.2) is 4.39 Å². The van der Waals surface area contributed by atoms with Crippen LogP contribution in [0.4, 0.5) is 4.39 Å². The number of nitrogens with two attached hydrogens (primary N) is 1. The molecule has 8 heteroatoms. The summed E-state index contributed by atoms with van der Waals surface area (Å²) in [4.78, 5) is 26.9. The Bertz CT molecular complexity index is 812. The number of benzene rings is 1. The van der Waals surface area contributed by atoms with Crippen LogP contribution in [0.1, 0.15) is 30.6 Å². The number of primary amides is 1. The summed E-state index contributed by atoms with van der Waals surface area (Å²) in [5.74, 6) is -0.433. The summed E-state index contributed by atoms with van der Waals surface area (Å²) in [6.07, 6.45) is 0.114. The van der Waals surface area contributed by atoms with Crippen LogP contribution in [0.3, 0.4) is 0 Å². The summed E-state index contributed by atoms with van der Waals surface area (Å²) in [5, 5.41) is 3.15. The lowest BCUT2D eigenvalue weighted by Crippen LogP contribution is -2.31. The number of pyridine rings is 1. The predicted octanol–water partition coefficient (Wildman–Crippen LogP) is 1.97. The number of nitrogens with one attached hydrogen (secondary N) is 1. The number of ether oxygens (including phenoxy) is 2. The van der Waals surface area contributed by atoms with Crippen LogP contribution in [0.5, 0.6) is 11.5 Å². The molecular formula is C18H22FN3O4. The number of carbonyl (C=O) groups excluding carboxylic acids is 2. The third-order valence-corrected chi connectivity index (χ3v) is 3.85. The highest BCUT2D eigenvalue weighted by Crippen LogP contribution is 2.31. The van der Waals surface area contributed by atoms with E-state index >= 15 is 0 Å². The highest BCUT2D eigenvalue weighted by molar-refractivity contribution is 6.01. The van der Waals surface area contributed by atoms with Gasteiger partial charge in [-0.1, -0.05) is 13.8 Å². The number of nitrogens with zero attached hydrogens (tertiary/aromatic N) is 1. The van der Waals surface area contributed by atoms with Gasteiger partial charge < -0.3 is 20.5 Å². The predicted molar refractivity (Wildman–Crippen MR) is 95.1 cm³/mol. The second-order valence-electron chi connectivity index (χ2n) is 5.46. The van der Waals surface area contributed by atoms with Crippen LogP contribution in [0.25, 0.3) is 10.9 Å². The van der Waals surface area contributed by atoms with Crippen LogP contribution in [0.15, 0.2) is 24.4 Å². The Morgan fingerprint density at radius 2 is 2.12 bits per heavy atom. The van der Waals surface area contributed by atoms with Crippen LogP contribution in [-0.4, -0.2) is 42.7 Å². The quantitative estimate of drug-likeness (QED) is 0.845. The second-order valence-corrected chi connectivity index (χ2v) is 5.46. The number of hydrogen-bond acceptors (Lipinski definition) is 5. The van der Waals surface area contributed by atoms with Crippen molar-refractivity contribution in [3.05, 3.63) is 30.0 Å². The van der Waals surface area contributed by atoms with E-state index < -0.39 is 18.0 Å². The fourth-order valence-electron chi connectivity index (χ4n) is 2.64. The summed E-state index contributed by atoms with van der Waals surface area (Å²) >= 11 is 0. The first-order chi connectivity index (χ1) is 12.5. The van der Waals surface area contributed by atoms with Crippen molar-refractivity contribution < 1.29 is 23.5 Å². The maximum Gasteiger partial charge on any atom is 0.254 e. The largest absolute Gasteiger partial charge is 0.496 e. The van der Waals surface area contributed by atoms with Gasteiger partial charge in [0.15, 0.2) is 6.17 Å². The molecule has 7 nitrogen and oxygen atoms in total. The molecule has 0 bridgehead atoms. The highest BCUT2D eigenvalue weighted by atomic mass is 19.1. The van der Waals surface area contributed by atoms with E-state index in [-0.39, 0.29) is 24.6 Å². The van der Waals surface area contributed by atoms with E-state index in [9.17, 15) is 14.0 Å². The van der Waals surface area contributed by atoms with Crippen molar-refractivity contribution >= 4 is 22.7 Å². The number of amides is 2. The molecule has 2 amide bonds. The third-order valence-electron chi connectivity index (χ3n) is 3.85. The van der Waals surface area contributed by atoms with Gasteiger partial charge in [0.1, 0.15) is 18.1 Å².